The van der Waals surface area contributed by atoms with Gasteiger partial charge in [-0.15, -0.1) is 0 Å². The molecule has 0 aromatic heterocycles. The van der Waals surface area contributed by atoms with Crippen molar-refractivity contribution in [2.45, 2.75) is 13.8 Å². The van der Waals surface area contributed by atoms with Crippen molar-refractivity contribution in [1.82, 2.24) is 10.9 Å². The summed E-state index contributed by atoms with van der Waals surface area (Å²) in [5, 5.41) is 0. The van der Waals surface area contributed by atoms with E-state index in [1.54, 1.807) is 0 Å². The quantitative estimate of drug-likeness (QED) is 0.487. The molecule has 8 heteroatoms. The number of hydrazine groups is 1. The van der Waals surface area contributed by atoms with Crippen molar-refractivity contribution < 1.29 is 28.5 Å². The topological polar surface area (TPSA) is 95.1 Å². The van der Waals surface area contributed by atoms with E-state index in [-0.39, 0.29) is 13.2 Å². The number of carbonyl (C=O) groups is 2. The minimum absolute atomic E-state index is 0.112. The molecule has 8 nitrogen and oxygen atoms in total. The van der Waals surface area contributed by atoms with E-state index in [0.29, 0.717) is 26.4 Å². The first-order chi connectivity index (χ1) is 8.70. The van der Waals surface area contributed by atoms with Crippen LogP contribution in [-0.4, -0.2) is 51.8 Å². The van der Waals surface area contributed by atoms with Crippen LogP contribution in [0.4, 0.5) is 9.59 Å². The zero-order valence-electron chi connectivity index (χ0n) is 10.7. The minimum atomic E-state index is -0.781. The van der Waals surface area contributed by atoms with Crippen LogP contribution in [0.1, 0.15) is 13.8 Å². The summed E-state index contributed by atoms with van der Waals surface area (Å²) >= 11 is 0. The van der Waals surface area contributed by atoms with Crippen LogP contribution in [0.3, 0.4) is 0 Å². The Bertz CT molecular complexity index is 212. The zero-order chi connectivity index (χ0) is 13.6. The van der Waals surface area contributed by atoms with E-state index >= 15 is 0 Å². The van der Waals surface area contributed by atoms with Gasteiger partial charge in [0.25, 0.3) is 0 Å². The van der Waals surface area contributed by atoms with Gasteiger partial charge in [-0.3, -0.25) is 0 Å². The van der Waals surface area contributed by atoms with Gasteiger partial charge >= 0.3 is 12.2 Å². The number of rotatable bonds is 8. The van der Waals surface area contributed by atoms with Gasteiger partial charge in [0.1, 0.15) is 13.2 Å². The monoisotopic (exact) mass is 264 g/mol. The molecule has 0 atom stereocenters. The van der Waals surface area contributed by atoms with Crippen LogP contribution in [0.15, 0.2) is 0 Å². The van der Waals surface area contributed by atoms with Crippen LogP contribution in [0.5, 0.6) is 0 Å². The third-order valence-electron chi connectivity index (χ3n) is 1.60. The fraction of sp³-hybridized carbons (Fsp3) is 0.800. The van der Waals surface area contributed by atoms with Crippen molar-refractivity contribution in [2.75, 3.05) is 39.6 Å². The van der Waals surface area contributed by atoms with Crippen LogP contribution in [0.2, 0.25) is 0 Å². The predicted octanol–water partition coefficient (Wildman–Crippen LogP) is 0.427. The molecule has 0 fully saturated rings. The van der Waals surface area contributed by atoms with E-state index in [2.05, 4.69) is 9.47 Å². The van der Waals surface area contributed by atoms with Crippen LogP contribution in [0, 0.1) is 0 Å². The summed E-state index contributed by atoms with van der Waals surface area (Å²) in [7, 11) is 0. The molecule has 106 valence electrons. The van der Waals surface area contributed by atoms with Crippen molar-refractivity contribution in [1.29, 1.82) is 0 Å². The Morgan fingerprint density at radius 2 is 1.17 bits per heavy atom. The molecule has 0 aromatic carbocycles. The lowest BCUT2D eigenvalue weighted by molar-refractivity contribution is 0.0689. The molecule has 0 bridgehead atoms. The Balaban J connectivity index is 3.39. The van der Waals surface area contributed by atoms with Gasteiger partial charge in [0.15, 0.2) is 0 Å². The Morgan fingerprint density at radius 3 is 1.50 bits per heavy atom. The second-order valence-corrected chi connectivity index (χ2v) is 2.92. The summed E-state index contributed by atoms with van der Waals surface area (Å²) < 4.78 is 19.2. The number of carbonyl (C=O) groups excluding carboxylic acids is 2. The van der Waals surface area contributed by atoms with E-state index in [4.69, 9.17) is 9.47 Å². The summed E-state index contributed by atoms with van der Waals surface area (Å²) in [4.78, 5) is 22.0. The van der Waals surface area contributed by atoms with Gasteiger partial charge in [-0.25, -0.2) is 20.4 Å². The van der Waals surface area contributed by atoms with Crippen LogP contribution in [-0.2, 0) is 18.9 Å². The maximum absolute atomic E-state index is 11.0. The van der Waals surface area contributed by atoms with Gasteiger partial charge in [-0.1, -0.05) is 0 Å². The van der Waals surface area contributed by atoms with Crippen LogP contribution >= 0.6 is 0 Å². The Hall–Kier alpha value is -1.54. The predicted molar refractivity (Wildman–Crippen MR) is 62.0 cm³/mol. The SMILES string of the molecule is CCOCCOC(=O)NNC(=O)OCCOCC. The Labute approximate surface area is 106 Å². The Morgan fingerprint density at radius 1 is 0.778 bits per heavy atom. The van der Waals surface area contributed by atoms with Gasteiger partial charge in [-0.05, 0) is 13.8 Å². The maximum Gasteiger partial charge on any atom is 0.426 e. The largest absolute Gasteiger partial charge is 0.446 e. The fourth-order valence-corrected chi connectivity index (χ4v) is 0.849. The summed E-state index contributed by atoms with van der Waals surface area (Å²) in [6, 6.07) is 0. The lowest BCUT2D eigenvalue weighted by Gasteiger charge is -2.09. The van der Waals surface area contributed by atoms with E-state index < -0.39 is 12.2 Å². The highest BCUT2D eigenvalue weighted by Crippen LogP contribution is 1.81. The van der Waals surface area contributed by atoms with Crippen molar-refractivity contribution in [3.05, 3.63) is 0 Å². The van der Waals surface area contributed by atoms with Gasteiger partial charge in [0, 0.05) is 13.2 Å². The molecular formula is C10H20N2O6. The zero-order valence-corrected chi connectivity index (χ0v) is 10.7. The molecule has 0 aliphatic rings. The molecule has 0 radical (unpaired) electrons. The molecule has 0 rings (SSSR count). The highest BCUT2D eigenvalue weighted by Gasteiger charge is 2.05. The van der Waals surface area contributed by atoms with Crippen LogP contribution in [0.25, 0.3) is 0 Å². The van der Waals surface area contributed by atoms with E-state index in [9.17, 15) is 9.59 Å². The molecule has 0 spiro atoms. The summed E-state index contributed by atoms with van der Waals surface area (Å²) in [6.07, 6.45) is -1.56. The highest BCUT2D eigenvalue weighted by molar-refractivity contribution is 5.73. The van der Waals surface area contributed by atoms with Gasteiger partial charge in [-0.2, -0.15) is 0 Å². The molecule has 0 aliphatic carbocycles. The van der Waals surface area contributed by atoms with Crippen molar-refractivity contribution in [2.24, 2.45) is 0 Å². The Kier molecular flexibility index (Phi) is 10.9. The third-order valence-corrected chi connectivity index (χ3v) is 1.60. The van der Waals surface area contributed by atoms with Crippen LogP contribution < -0.4 is 10.9 Å². The molecule has 2 amide bonds. The highest BCUT2D eigenvalue weighted by atomic mass is 16.6. The number of ether oxygens (including phenoxy) is 4. The standard InChI is InChI=1S/C10H20N2O6/c1-3-15-5-7-17-9(13)11-12-10(14)18-8-6-16-4-2/h3-8H2,1-2H3,(H,11,13)(H,12,14). The van der Waals surface area contributed by atoms with E-state index in [0.717, 1.165) is 0 Å². The second-order valence-electron chi connectivity index (χ2n) is 2.92. The molecule has 0 unspecified atom stereocenters. The minimum Gasteiger partial charge on any atom is -0.446 e. The van der Waals surface area contributed by atoms with Gasteiger partial charge < -0.3 is 18.9 Å². The van der Waals surface area contributed by atoms with Crippen molar-refractivity contribution >= 4 is 12.2 Å². The molecule has 0 heterocycles. The molecule has 2 N–H and O–H groups in total. The lowest BCUT2D eigenvalue weighted by Crippen LogP contribution is -2.42. The number of nitrogens with one attached hydrogen (secondary N) is 2. The smallest absolute Gasteiger partial charge is 0.426 e. The summed E-state index contributed by atoms with van der Waals surface area (Å²) in [5.41, 5.74) is 4.04. The normalized spacial score (nSPS) is 9.67. The average Bonchev–Trinajstić information content (AvgIpc) is 2.37. The van der Waals surface area contributed by atoms with Gasteiger partial charge in [0.05, 0.1) is 13.2 Å². The summed E-state index contributed by atoms with van der Waals surface area (Å²) in [5.74, 6) is 0. The second kappa shape index (κ2) is 11.9. The fourth-order valence-electron chi connectivity index (χ4n) is 0.849. The first-order valence-electron chi connectivity index (χ1n) is 5.71. The maximum atomic E-state index is 11.0. The number of hydrogen-bond donors (Lipinski definition) is 2. The molecular weight excluding hydrogens is 244 g/mol. The van der Waals surface area contributed by atoms with Gasteiger partial charge in [0.2, 0.25) is 0 Å². The van der Waals surface area contributed by atoms with E-state index in [1.807, 2.05) is 24.7 Å². The summed E-state index contributed by atoms with van der Waals surface area (Å²) in [6.45, 7) is 5.61. The third kappa shape index (κ3) is 11.0. The number of hydrogen-bond acceptors (Lipinski definition) is 6. The van der Waals surface area contributed by atoms with Crippen molar-refractivity contribution in [3.63, 3.8) is 0 Å². The average molecular weight is 264 g/mol. The molecule has 0 aliphatic heterocycles. The molecule has 18 heavy (non-hydrogen) atoms. The molecule has 0 saturated heterocycles. The van der Waals surface area contributed by atoms with Crippen molar-refractivity contribution in [3.8, 4) is 0 Å². The molecule has 0 aromatic rings. The lowest BCUT2D eigenvalue weighted by atomic mass is 10.7. The molecule has 0 saturated carbocycles. The first-order valence-corrected chi connectivity index (χ1v) is 5.71. The van der Waals surface area contributed by atoms with E-state index in [1.165, 1.54) is 0 Å². The number of amides is 2. The first kappa shape index (κ1) is 16.5.